The van der Waals surface area contributed by atoms with Gasteiger partial charge in [-0.3, -0.25) is 19.3 Å². The van der Waals surface area contributed by atoms with Crippen LogP contribution in [-0.4, -0.2) is 28.5 Å². The predicted octanol–water partition coefficient (Wildman–Crippen LogP) is 5.59. The second-order valence-electron chi connectivity index (χ2n) is 7.17. The van der Waals surface area contributed by atoms with Crippen molar-refractivity contribution < 1.29 is 19.1 Å². The van der Waals surface area contributed by atoms with Crippen molar-refractivity contribution in [1.82, 2.24) is 4.90 Å². The zero-order valence-electron chi connectivity index (χ0n) is 17.4. The highest BCUT2D eigenvalue weighted by Crippen LogP contribution is 2.32. The lowest BCUT2D eigenvalue weighted by Crippen LogP contribution is -2.36. The molecule has 1 N–H and O–H groups in total. The Hall–Kier alpha value is -3.55. The fraction of sp³-hybridized carbons (Fsp3) is 0.0800. The molecule has 1 heterocycles. The summed E-state index contributed by atoms with van der Waals surface area (Å²) in [6.45, 7) is 0.0643. The van der Waals surface area contributed by atoms with Crippen LogP contribution in [0.5, 0.6) is 5.75 Å². The number of anilines is 1. The van der Waals surface area contributed by atoms with Gasteiger partial charge in [0.05, 0.1) is 4.91 Å². The summed E-state index contributed by atoms with van der Waals surface area (Å²) in [5.41, 5.74) is 2.34. The number of hydrogen-bond acceptors (Lipinski definition) is 5. The van der Waals surface area contributed by atoms with Gasteiger partial charge in [-0.05, 0) is 65.4 Å². The molecule has 0 aliphatic carbocycles. The van der Waals surface area contributed by atoms with Gasteiger partial charge < -0.3 is 10.1 Å². The average Bonchev–Trinajstić information content (AvgIpc) is 3.07. The highest BCUT2D eigenvalue weighted by molar-refractivity contribution is 8.18. The number of rotatable bonds is 7. The topological polar surface area (TPSA) is 75.7 Å². The minimum Gasteiger partial charge on any atom is -0.489 e. The summed E-state index contributed by atoms with van der Waals surface area (Å²) in [6, 6.07) is 23.4. The molecule has 1 saturated heterocycles. The lowest BCUT2D eigenvalue weighted by atomic mass is 10.2. The molecule has 1 aliphatic rings. The van der Waals surface area contributed by atoms with Crippen LogP contribution in [0.15, 0.2) is 83.8 Å². The monoisotopic (exact) mass is 478 g/mol. The average molecular weight is 479 g/mol. The Bertz CT molecular complexity index is 1200. The Morgan fingerprint density at radius 3 is 2.36 bits per heavy atom. The van der Waals surface area contributed by atoms with Crippen molar-refractivity contribution >= 4 is 52.2 Å². The molecule has 1 fully saturated rings. The second kappa shape index (κ2) is 10.4. The van der Waals surface area contributed by atoms with Gasteiger partial charge in [0, 0.05) is 10.7 Å². The van der Waals surface area contributed by atoms with Gasteiger partial charge in [-0.1, -0.05) is 54.1 Å². The summed E-state index contributed by atoms with van der Waals surface area (Å²) >= 11 is 6.70. The minimum atomic E-state index is -0.490. The van der Waals surface area contributed by atoms with Gasteiger partial charge in [-0.15, -0.1) is 0 Å². The number of carbonyl (C=O) groups excluding carboxylic acids is 3. The number of carbonyl (C=O) groups is 3. The first-order chi connectivity index (χ1) is 16.0. The number of nitrogens with zero attached hydrogens (tertiary/aromatic N) is 1. The Morgan fingerprint density at radius 2 is 1.67 bits per heavy atom. The van der Waals surface area contributed by atoms with Crippen LogP contribution < -0.4 is 10.1 Å². The maximum atomic E-state index is 12.7. The number of halogens is 1. The van der Waals surface area contributed by atoms with Gasteiger partial charge in [0.1, 0.15) is 18.9 Å². The summed E-state index contributed by atoms with van der Waals surface area (Å²) < 4.78 is 5.76. The van der Waals surface area contributed by atoms with Gasteiger partial charge >= 0.3 is 0 Å². The summed E-state index contributed by atoms with van der Waals surface area (Å²) in [6.07, 6.45) is 1.63. The normalized spacial score (nSPS) is 14.6. The van der Waals surface area contributed by atoms with E-state index in [4.69, 9.17) is 16.3 Å². The molecule has 3 aromatic rings. The zero-order valence-corrected chi connectivity index (χ0v) is 18.9. The molecule has 0 atom stereocenters. The number of ether oxygens (including phenoxy) is 1. The van der Waals surface area contributed by atoms with Crippen LogP contribution in [0.4, 0.5) is 10.5 Å². The molecular weight excluding hydrogens is 460 g/mol. The van der Waals surface area contributed by atoms with E-state index in [9.17, 15) is 14.4 Å². The quantitative estimate of drug-likeness (QED) is 0.448. The van der Waals surface area contributed by atoms with Crippen LogP contribution in [0, 0.1) is 0 Å². The molecule has 1 aliphatic heterocycles. The van der Waals surface area contributed by atoms with E-state index in [0.717, 1.165) is 27.8 Å². The summed E-state index contributed by atoms with van der Waals surface area (Å²) in [7, 11) is 0. The van der Waals surface area contributed by atoms with Gasteiger partial charge in [0.2, 0.25) is 5.91 Å². The summed E-state index contributed by atoms with van der Waals surface area (Å²) in [5, 5.41) is 2.87. The van der Waals surface area contributed by atoms with Crippen LogP contribution >= 0.6 is 23.4 Å². The number of imide groups is 1. The van der Waals surface area contributed by atoms with E-state index in [-0.39, 0.29) is 11.4 Å². The van der Waals surface area contributed by atoms with Crippen molar-refractivity contribution in [3.63, 3.8) is 0 Å². The molecule has 4 rings (SSSR count). The molecule has 6 nitrogen and oxygen atoms in total. The molecule has 3 aromatic carbocycles. The highest BCUT2D eigenvalue weighted by Gasteiger charge is 2.36. The number of hydrogen-bond donors (Lipinski definition) is 1. The first-order valence-corrected chi connectivity index (χ1v) is 11.2. The van der Waals surface area contributed by atoms with E-state index in [1.54, 1.807) is 54.6 Å². The highest BCUT2D eigenvalue weighted by atomic mass is 35.5. The van der Waals surface area contributed by atoms with E-state index < -0.39 is 17.1 Å². The lowest BCUT2D eigenvalue weighted by molar-refractivity contribution is -0.127. The number of nitrogens with one attached hydrogen (secondary N) is 1. The summed E-state index contributed by atoms with van der Waals surface area (Å²) in [4.78, 5) is 38.4. The SMILES string of the molecule is O=C(CN1C(=O)S/C(=C\c2ccc(OCc3ccc(Cl)cc3)cc2)C1=O)Nc1ccccc1. The number of thioether (sulfide) groups is 1. The van der Waals surface area contributed by atoms with Gasteiger partial charge in [-0.25, -0.2) is 0 Å². The first-order valence-electron chi connectivity index (χ1n) is 10.1. The molecule has 8 heteroatoms. The number of amides is 3. The maximum Gasteiger partial charge on any atom is 0.294 e. The van der Waals surface area contributed by atoms with E-state index >= 15 is 0 Å². The predicted molar refractivity (Wildman–Crippen MR) is 130 cm³/mol. The molecule has 0 unspecified atom stereocenters. The fourth-order valence-corrected chi connectivity index (χ4v) is 4.03. The third-order valence-electron chi connectivity index (χ3n) is 4.73. The largest absolute Gasteiger partial charge is 0.489 e. The molecule has 0 radical (unpaired) electrons. The standard InChI is InChI=1S/C25H19ClN2O4S/c26-19-10-6-18(7-11-19)16-32-21-12-8-17(9-13-21)14-22-24(30)28(25(31)33-22)15-23(29)27-20-4-2-1-3-5-20/h1-14H,15-16H2,(H,27,29)/b22-14-. The molecule has 0 aromatic heterocycles. The summed E-state index contributed by atoms with van der Waals surface area (Å²) in [5.74, 6) is -0.254. The van der Waals surface area contributed by atoms with Crippen LogP contribution in [0.1, 0.15) is 11.1 Å². The molecule has 166 valence electrons. The second-order valence-corrected chi connectivity index (χ2v) is 8.60. The Balaban J connectivity index is 1.35. The number of benzene rings is 3. The van der Waals surface area contributed by atoms with Crippen molar-refractivity contribution in [3.05, 3.63) is 99.9 Å². The van der Waals surface area contributed by atoms with Crippen LogP contribution in [0.2, 0.25) is 5.02 Å². The van der Waals surface area contributed by atoms with Crippen LogP contribution in [0.25, 0.3) is 6.08 Å². The molecule has 0 saturated carbocycles. The fourth-order valence-electron chi connectivity index (χ4n) is 3.06. The third kappa shape index (κ3) is 6.03. The molecule has 33 heavy (non-hydrogen) atoms. The third-order valence-corrected chi connectivity index (χ3v) is 5.89. The molecule has 3 amide bonds. The molecule has 0 spiro atoms. The van der Waals surface area contributed by atoms with Gasteiger partial charge in [-0.2, -0.15) is 0 Å². The maximum absolute atomic E-state index is 12.7. The lowest BCUT2D eigenvalue weighted by Gasteiger charge is -2.12. The van der Waals surface area contributed by atoms with Crippen molar-refractivity contribution in [3.8, 4) is 5.75 Å². The molecular formula is C25H19ClN2O4S. The van der Waals surface area contributed by atoms with E-state index in [0.29, 0.717) is 23.1 Å². The van der Waals surface area contributed by atoms with Gasteiger partial charge in [0.25, 0.3) is 11.1 Å². The molecule has 0 bridgehead atoms. The Kier molecular flexibility index (Phi) is 7.12. The number of para-hydroxylation sites is 1. The van der Waals surface area contributed by atoms with Crippen molar-refractivity contribution in [2.45, 2.75) is 6.61 Å². The van der Waals surface area contributed by atoms with Gasteiger partial charge in [0.15, 0.2) is 0 Å². The van der Waals surface area contributed by atoms with E-state index in [1.165, 1.54) is 0 Å². The van der Waals surface area contributed by atoms with Crippen molar-refractivity contribution in [1.29, 1.82) is 0 Å². The van der Waals surface area contributed by atoms with Crippen molar-refractivity contribution in [2.24, 2.45) is 0 Å². The van der Waals surface area contributed by atoms with Crippen molar-refractivity contribution in [2.75, 3.05) is 11.9 Å². The van der Waals surface area contributed by atoms with E-state index in [1.807, 2.05) is 30.3 Å². The minimum absolute atomic E-state index is 0.266. The Labute approximate surface area is 200 Å². The van der Waals surface area contributed by atoms with Crippen LogP contribution in [0.3, 0.4) is 0 Å². The smallest absolute Gasteiger partial charge is 0.294 e. The first kappa shape index (κ1) is 22.6. The zero-order chi connectivity index (χ0) is 23.2. The van der Waals surface area contributed by atoms with E-state index in [2.05, 4.69) is 5.32 Å². The Morgan fingerprint density at radius 1 is 0.970 bits per heavy atom. The van der Waals surface area contributed by atoms with Crippen LogP contribution in [-0.2, 0) is 16.2 Å².